The Morgan fingerprint density at radius 3 is 1.05 bits per heavy atom. The van der Waals surface area contributed by atoms with Crippen LogP contribution >= 0.6 is 0 Å². The largest absolute Gasteiger partial charge is 0.432 e. The molecule has 0 bridgehead atoms. The second-order valence-corrected chi connectivity index (χ2v) is 6.30. The number of nitrogens with zero attached hydrogens (tertiary/aromatic N) is 1. The van der Waals surface area contributed by atoms with Crippen molar-refractivity contribution in [3.8, 4) is 0 Å². The minimum atomic E-state index is -6.58. The highest BCUT2D eigenvalue weighted by Crippen LogP contribution is 2.35. The van der Waals surface area contributed by atoms with Gasteiger partial charge >= 0.3 is 12.4 Å². The molecule has 124 valence electrons. The number of hydrogen-bond donors (Lipinski definition) is 1. The molecule has 0 heterocycles. The van der Waals surface area contributed by atoms with Gasteiger partial charge in [0.05, 0.1) is 0 Å². The van der Waals surface area contributed by atoms with Gasteiger partial charge in [-0.15, -0.1) is 0 Å². The SMILES string of the molecule is O=S(=O)([N-]S(=O)(=O)C(F)C(F)(F)F)C(F)C(F)(F)F.[NH4+]. The molecule has 0 saturated carbocycles. The molecule has 2 unspecified atom stereocenters. The summed E-state index contributed by atoms with van der Waals surface area (Å²) in [5.41, 5.74) is -9.79. The van der Waals surface area contributed by atoms with Crippen LogP contribution in [0.2, 0.25) is 0 Å². The quantitative estimate of drug-likeness (QED) is 0.770. The van der Waals surface area contributed by atoms with Crippen molar-refractivity contribution in [1.29, 1.82) is 0 Å². The summed E-state index contributed by atoms with van der Waals surface area (Å²) in [6.07, 6.45) is -12.3. The van der Waals surface area contributed by atoms with Crippen LogP contribution in [0.25, 0.3) is 4.13 Å². The van der Waals surface area contributed by atoms with Gasteiger partial charge in [-0.1, -0.05) is 0 Å². The summed E-state index contributed by atoms with van der Waals surface area (Å²) >= 11 is 0. The Morgan fingerprint density at radius 1 is 0.700 bits per heavy atom. The first-order chi connectivity index (χ1) is 8.02. The monoisotopic (exact) mass is 362 g/mol. The maximum atomic E-state index is 12.3. The van der Waals surface area contributed by atoms with Gasteiger partial charge in [-0.05, 0) is 0 Å². The summed E-state index contributed by atoms with van der Waals surface area (Å²) in [5, 5.41) is 0. The Bertz CT molecular complexity index is 474. The zero-order valence-electron chi connectivity index (χ0n) is 9.08. The molecule has 0 spiro atoms. The lowest BCUT2D eigenvalue weighted by Crippen LogP contribution is -2.37. The van der Waals surface area contributed by atoms with E-state index in [2.05, 4.69) is 0 Å². The number of hydrogen-bond acceptors (Lipinski definition) is 4. The predicted octanol–water partition coefficient (Wildman–Crippen LogP) is 2.11. The summed E-state index contributed by atoms with van der Waals surface area (Å²) in [6, 6.07) is 0. The Morgan fingerprint density at radius 2 is 0.900 bits per heavy atom. The van der Waals surface area contributed by atoms with Crippen molar-refractivity contribution >= 4 is 20.0 Å². The normalized spacial score (nSPS) is 17.2. The van der Waals surface area contributed by atoms with Crippen LogP contribution in [0, 0.1) is 0 Å². The first-order valence-corrected chi connectivity index (χ1v) is 6.66. The van der Waals surface area contributed by atoms with Crippen molar-refractivity contribution in [3.05, 3.63) is 4.13 Å². The molecule has 4 N–H and O–H groups in total. The second kappa shape index (κ2) is 5.94. The standard InChI is InChI=1S/C4H2F8NO4S2.H3N/c5-1(3(7,8)9)18(14,15)13-19(16,17)2(6)4(10,11)12;/h1-2H;1H3/q-1;/p+1. The van der Waals surface area contributed by atoms with Gasteiger partial charge in [-0.25, -0.2) is 25.6 Å². The first kappa shape index (κ1) is 21.6. The average Bonchev–Trinajstić information content (AvgIpc) is 2.10. The molecule has 0 aliphatic rings. The number of quaternary nitrogens is 1. The van der Waals surface area contributed by atoms with Gasteiger partial charge in [0, 0.05) is 0 Å². The van der Waals surface area contributed by atoms with E-state index in [0.29, 0.717) is 0 Å². The maximum Gasteiger partial charge on any atom is 0.432 e. The van der Waals surface area contributed by atoms with E-state index in [4.69, 9.17) is 0 Å². The lowest BCUT2D eigenvalue weighted by molar-refractivity contribution is -0.156. The molecule has 0 saturated heterocycles. The van der Waals surface area contributed by atoms with Crippen LogP contribution in [0.1, 0.15) is 0 Å². The lowest BCUT2D eigenvalue weighted by Gasteiger charge is -2.26. The van der Waals surface area contributed by atoms with Crippen LogP contribution in [-0.4, -0.2) is 40.2 Å². The Hall–Kier alpha value is -0.740. The molecule has 0 rings (SSSR count). The summed E-state index contributed by atoms with van der Waals surface area (Å²) in [7, 11) is -13.2. The molecule has 0 aromatic rings. The topological polar surface area (TPSA) is 119 Å². The van der Waals surface area contributed by atoms with E-state index in [-0.39, 0.29) is 6.15 Å². The highest BCUT2D eigenvalue weighted by Gasteiger charge is 2.50. The zero-order chi connectivity index (χ0) is 15.9. The molecule has 0 radical (unpaired) electrons. The van der Waals surface area contributed by atoms with Crippen LogP contribution in [0.5, 0.6) is 0 Å². The van der Waals surface area contributed by atoms with Crippen LogP contribution < -0.4 is 6.15 Å². The third-order valence-electron chi connectivity index (χ3n) is 1.25. The van der Waals surface area contributed by atoms with Gasteiger partial charge in [-0.3, -0.25) is 0 Å². The molecule has 0 aromatic carbocycles. The van der Waals surface area contributed by atoms with E-state index in [1.165, 1.54) is 0 Å². The summed E-state index contributed by atoms with van der Waals surface area (Å²) in [6.45, 7) is 0. The number of rotatable bonds is 4. The number of alkyl halides is 8. The summed E-state index contributed by atoms with van der Waals surface area (Å²) in [4.78, 5) is 0. The van der Waals surface area contributed by atoms with Crippen molar-refractivity contribution in [3.63, 3.8) is 0 Å². The Balaban J connectivity index is 0. The van der Waals surface area contributed by atoms with Crippen LogP contribution in [0.4, 0.5) is 35.1 Å². The van der Waals surface area contributed by atoms with E-state index >= 15 is 0 Å². The number of halogens is 8. The van der Waals surface area contributed by atoms with Gasteiger partial charge in [0.1, 0.15) is 20.0 Å². The highest BCUT2D eigenvalue weighted by atomic mass is 32.3. The minimum absolute atomic E-state index is 0. The molecule has 20 heavy (non-hydrogen) atoms. The fourth-order valence-corrected chi connectivity index (χ4v) is 3.00. The molecule has 0 aromatic heterocycles. The van der Waals surface area contributed by atoms with Crippen LogP contribution in [0.3, 0.4) is 0 Å². The van der Waals surface area contributed by atoms with Crippen molar-refractivity contribution in [2.45, 2.75) is 23.4 Å². The third kappa shape index (κ3) is 5.33. The molecular formula is C4H6F8N2O4S2. The molecular weight excluding hydrogens is 356 g/mol. The lowest BCUT2D eigenvalue weighted by atomic mass is 10.7. The molecule has 0 aliphatic carbocycles. The highest BCUT2D eigenvalue weighted by molar-refractivity contribution is 8.12. The Kier molecular flexibility index (Phi) is 6.40. The third-order valence-corrected chi connectivity index (χ3v) is 4.49. The molecule has 16 heteroatoms. The molecule has 0 amide bonds. The molecule has 0 fully saturated rings. The fourth-order valence-electron chi connectivity index (χ4n) is 0.558. The van der Waals surface area contributed by atoms with Crippen LogP contribution in [0.15, 0.2) is 0 Å². The van der Waals surface area contributed by atoms with Crippen molar-refractivity contribution in [2.75, 3.05) is 0 Å². The second-order valence-electron chi connectivity index (χ2n) is 2.82. The van der Waals surface area contributed by atoms with E-state index in [9.17, 15) is 52.0 Å². The van der Waals surface area contributed by atoms with Gasteiger partial charge in [0.15, 0.2) is 0 Å². The summed E-state index contributed by atoms with van der Waals surface area (Å²) < 4.78 is 137. The van der Waals surface area contributed by atoms with E-state index < -0.39 is 43.4 Å². The molecule has 2 atom stereocenters. The van der Waals surface area contributed by atoms with Gasteiger partial charge in [0.2, 0.25) is 0 Å². The average molecular weight is 362 g/mol. The van der Waals surface area contributed by atoms with Crippen molar-refractivity contribution in [2.24, 2.45) is 0 Å². The van der Waals surface area contributed by atoms with Crippen molar-refractivity contribution in [1.82, 2.24) is 6.15 Å². The van der Waals surface area contributed by atoms with Gasteiger partial charge in [-0.2, -0.15) is 26.3 Å². The summed E-state index contributed by atoms with van der Waals surface area (Å²) in [5.74, 6) is 0. The zero-order valence-corrected chi connectivity index (χ0v) is 10.7. The fraction of sp³-hybridized carbons (Fsp3) is 1.00. The van der Waals surface area contributed by atoms with E-state index in [1.54, 1.807) is 0 Å². The Labute approximate surface area is 106 Å². The first-order valence-electron chi connectivity index (χ1n) is 3.65. The maximum absolute atomic E-state index is 12.3. The predicted molar refractivity (Wildman–Crippen MR) is 49.1 cm³/mol. The van der Waals surface area contributed by atoms with E-state index in [0.717, 1.165) is 4.13 Å². The van der Waals surface area contributed by atoms with Gasteiger partial charge in [0.25, 0.3) is 11.0 Å². The molecule has 0 aliphatic heterocycles. The smallest absolute Gasteiger partial charge is 0.430 e. The number of sulfonamides is 2. The van der Waals surface area contributed by atoms with Crippen molar-refractivity contribution < 1.29 is 52.0 Å². The van der Waals surface area contributed by atoms with E-state index in [1.807, 2.05) is 0 Å². The van der Waals surface area contributed by atoms with Crippen LogP contribution in [-0.2, 0) is 20.0 Å². The minimum Gasteiger partial charge on any atom is -0.430 e. The molecule has 6 nitrogen and oxygen atoms in total. The van der Waals surface area contributed by atoms with Gasteiger partial charge < -0.3 is 10.3 Å².